The lowest BCUT2D eigenvalue weighted by Gasteiger charge is -2.37. The Morgan fingerprint density at radius 3 is 2.89 bits per heavy atom. The van der Waals surface area contributed by atoms with Crippen molar-refractivity contribution in [3.8, 4) is 5.75 Å². The fraction of sp³-hybridized carbons (Fsp3) is 0.545. The van der Waals surface area contributed by atoms with Gasteiger partial charge in [0, 0.05) is 30.2 Å². The molecule has 27 heavy (non-hydrogen) atoms. The third-order valence-electron chi connectivity index (χ3n) is 5.77. The third-order valence-corrected chi connectivity index (χ3v) is 5.77. The average Bonchev–Trinajstić information content (AvgIpc) is 2.66. The molecule has 0 bridgehead atoms. The van der Waals surface area contributed by atoms with Crippen LogP contribution in [0.25, 0.3) is 0 Å². The number of aromatic nitrogens is 2. The van der Waals surface area contributed by atoms with Crippen LogP contribution in [0.1, 0.15) is 48.3 Å². The van der Waals surface area contributed by atoms with Gasteiger partial charge in [0.2, 0.25) is 0 Å². The maximum absolute atomic E-state index is 5.77. The number of nitrogens with one attached hydrogen (secondary N) is 1. The van der Waals surface area contributed by atoms with Gasteiger partial charge in [-0.2, -0.15) is 0 Å². The second kappa shape index (κ2) is 7.85. The number of ether oxygens (including phenoxy) is 1. The van der Waals surface area contributed by atoms with Gasteiger partial charge in [-0.05, 0) is 81.8 Å². The molecule has 0 radical (unpaired) electrons. The van der Waals surface area contributed by atoms with Gasteiger partial charge in [-0.25, -0.2) is 4.98 Å². The van der Waals surface area contributed by atoms with Gasteiger partial charge in [-0.1, -0.05) is 0 Å². The van der Waals surface area contributed by atoms with Gasteiger partial charge < -0.3 is 10.1 Å². The molecule has 2 aromatic heterocycles. The summed E-state index contributed by atoms with van der Waals surface area (Å²) in [6.07, 6.45) is 5.71. The van der Waals surface area contributed by atoms with Crippen molar-refractivity contribution in [2.24, 2.45) is 5.92 Å². The number of hydrogen-bond donors (Lipinski definition) is 1. The SMILES string of the molecule is Cc1cc(C[C@H]2CCCN([C@H](C)c3cnc4c(c3)OCCN4)C2)cc(C)n1. The summed E-state index contributed by atoms with van der Waals surface area (Å²) in [5.74, 6) is 2.46. The average molecular weight is 367 g/mol. The van der Waals surface area contributed by atoms with Crippen molar-refractivity contribution >= 4 is 5.82 Å². The molecule has 4 heterocycles. The Morgan fingerprint density at radius 2 is 2.07 bits per heavy atom. The fourth-order valence-corrected chi connectivity index (χ4v) is 4.46. The molecule has 2 aliphatic rings. The minimum Gasteiger partial charge on any atom is -0.488 e. The van der Waals surface area contributed by atoms with Crippen LogP contribution in [0.4, 0.5) is 5.82 Å². The Labute approximate surface area is 162 Å². The first kappa shape index (κ1) is 18.2. The lowest BCUT2D eigenvalue weighted by atomic mass is 9.90. The van der Waals surface area contributed by atoms with E-state index in [1.54, 1.807) is 0 Å². The van der Waals surface area contributed by atoms with Crippen molar-refractivity contribution in [2.45, 2.75) is 46.1 Å². The Hall–Kier alpha value is -2.14. The zero-order chi connectivity index (χ0) is 18.8. The van der Waals surface area contributed by atoms with Gasteiger partial charge in [0.1, 0.15) is 6.61 Å². The van der Waals surface area contributed by atoms with Crippen LogP contribution in [0.3, 0.4) is 0 Å². The van der Waals surface area contributed by atoms with Crippen molar-refractivity contribution < 1.29 is 4.74 Å². The van der Waals surface area contributed by atoms with Crippen LogP contribution in [-0.4, -0.2) is 41.1 Å². The van der Waals surface area contributed by atoms with E-state index in [9.17, 15) is 0 Å². The standard InChI is InChI=1S/C22H30N4O/c1-15-9-19(10-16(2)25-15)11-18-5-4-7-26(14-18)17(3)20-12-21-22(24-13-20)23-6-8-27-21/h9-10,12-13,17-18H,4-8,11,14H2,1-3H3,(H,23,24)/t17-,18-/m1/s1. The molecule has 0 amide bonds. The number of anilines is 1. The second-order valence-corrected chi connectivity index (χ2v) is 8.03. The van der Waals surface area contributed by atoms with Crippen molar-refractivity contribution in [1.29, 1.82) is 0 Å². The molecule has 144 valence electrons. The summed E-state index contributed by atoms with van der Waals surface area (Å²) < 4.78 is 5.77. The molecule has 0 aromatic carbocycles. The number of pyridine rings is 2. The highest BCUT2D eigenvalue weighted by Crippen LogP contribution is 2.32. The van der Waals surface area contributed by atoms with Crippen molar-refractivity contribution in [2.75, 3.05) is 31.6 Å². The summed E-state index contributed by atoms with van der Waals surface area (Å²) in [5, 5.41) is 3.30. The normalized spacial score (nSPS) is 21.1. The Balaban J connectivity index is 1.44. The van der Waals surface area contributed by atoms with Crippen molar-refractivity contribution in [3.63, 3.8) is 0 Å². The highest BCUT2D eigenvalue weighted by Gasteiger charge is 2.26. The summed E-state index contributed by atoms with van der Waals surface area (Å²) in [6, 6.07) is 7.01. The molecule has 4 rings (SSSR count). The predicted molar refractivity (Wildman–Crippen MR) is 108 cm³/mol. The number of fused-ring (bicyclic) bond motifs is 1. The van der Waals surface area contributed by atoms with E-state index in [-0.39, 0.29) is 0 Å². The van der Waals surface area contributed by atoms with Crippen LogP contribution >= 0.6 is 0 Å². The Bertz CT molecular complexity index is 787. The van der Waals surface area contributed by atoms with Gasteiger partial charge in [0.25, 0.3) is 0 Å². The summed E-state index contributed by atoms with van der Waals surface area (Å²) in [5.41, 5.74) is 4.92. The number of nitrogens with zero attached hydrogens (tertiary/aromatic N) is 3. The highest BCUT2D eigenvalue weighted by molar-refractivity contribution is 5.52. The largest absolute Gasteiger partial charge is 0.488 e. The van der Waals surface area contributed by atoms with E-state index in [0.717, 1.165) is 49.0 Å². The maximum atomic E-state index is 5.77. The molecular weight excluding hydrogens is 336 g/mol. The molecule has 0 aliphatic carbocycles. The van der Waals surface area contributed by atoms with Crippen LogP contribution < -0.4 is 10.1 Å². The molecule has 0 saturated carbocycles. The van der Waals surface area contributed by atoms with Gasteiger partial charge in [0.15, 0.2) is 11.6 Å². The molecule has 0 spiro atoms. The first-order chi connectivity index (χ1) is 13.1. The van der Waals surface area contributed by atoms with E-state index in [1.165, 1.54) is 24.0 Å². The first-order valence-electron chi connectivity index (χ1n) is 10.1. The third kappa shape index (κ3) is 4.24. The summed E-state index contributed by atoms with van der Waals surface area (Å²) in [6.45, 7) is 10.3. The zero-order valence-electron chi connectivity index (χ0n) is 16.7. The number of aryl methyl sites for hydroxylation is 2. The smallest absolute Gasteiger partial charge is 0.168 e. The van der Waals surface area contributed by atoms with Crippen LogP contribution in [0.2, 0.25) is 0 Å². The highest BCUT2D eigenvalue weighted by atomic mass is 16.5. The lowest BCUT2D eigenvalue weighted by molar-refractivity contribution is 0.131. The van der Waals surface area contributed by atoms with E-state index in [0.29, 0.717) is 18.6 Å². The quantitative estimate of drug-likeness (QED) is 0.889. The molecule has 2 aromatic rings. The monoisotopic (exact) mass is 366 g/mol. The first-order valence-corrected chi connectivity index (χ1v) is 10.1. The fourth-order valence-electron chi connectivity index (χ4n) is 4.46. The summed E-state index contributed by atoms with van der Waals surface area (Å²) >= 11 is 0. The minimum atomic E-state index is 0.358. The number of hydrogen-bond acceptors (Lipinski definition) is 5. The molecule has 5 heteroatoms. The van der Waals surface area contributed by atoms with Gasteiger partial charge in [-0.3, -0.25) is 9.88 Å². The van der Waals surface area contributed by atoms with E-state index in [1.807, 2.05) is 6.20 Å². The van der Waals surface area contributed by atoms with E-state index in [2.05, 4.69) is 59.2 Å². The second-order valence-electron chi connectivity index (χ2n) is 8.03. The van der Waals surface area contributed by atoms with E-state index >= 15 is 0 Å². The minimum absolute atomic E-state index is 0.358. The van der Waals surface area contributed by atoms with Crippen molar-refractivity contribution in [1.82, 2.24) is 14.9 Å². The van der Waals surface area contributed by atoms with E-state index in [4.69, 9.17) is 4.74 Å². The lowest BCUT2D eigenvalue weighted by Crippen LogP contribution is -2.38. The van der Waals surface area contributed by atoms with Gasteiger partial charge in [0.05, 0.1) is 6.54 Å². The topological polar surface area (TPSA) is 50.3 Å². The van der Waals surface area contributed by atoms with Crippen LogP contribution in [0.5, 0.6) is 5.75 Å². The molecule has 5 nitrogen and oxygen atoms in total. The molecular formula is C22H30N4O. The van der Waals surface area contributed by atoms with E-state index < -0.39 is 0 Å². The summed E-state index contributed by atoms with van der Waals surface area (Å²) in [4.78, 5) is 11.7. The molecule has 2 aliphatic heterocycles. The van der Waals surface area contributed by atoms with Crippen molar-refractivity contribution in [3.05, 3.63) is 46.9 Å². The van der Waals surface area contributed by atoms with Gasteiger partial charge >= 0.3 is 0 Å². The maximum Gasteiger partial charge on any atom is 0.168 e. The molecule has 1 N–H and O–H groups in total. The number of likely N-dealkylation sites (tertiary alicyclic amines) is 1. The molecule has 1 fully saturated rings. The van der Waals surface area contributed by atoms with Crippen LogP contribution in [-0.2, 0) is 6.42 Å². The molecule has 0 unspecified atom stereocenters. The zero-order valence-corrected chi connectivity index (χ0v) is 16.7. The van der Waals surface area contributed by atoms with Crippen LogP contribution in [0, 0.1) is 19.8 Å². The number of rotatable bonds is 4. The Kier molecular flexibility index (Phi) is 5.30. The number of piperidine rings is 1. The predicted octanol–water partition coefficient (Wildman–Crippen LogP) is 3.91. The van der Waals surface area contributed by atoms with Crippen LogP contribution in [0.15, 0.2) is 24.4 Å². The Morgan fingerprint density at radius 1 is 1.26 bits per heavy atom. The molecule has 2 atom stereocenters. The summed E-state index contributed by atoms with van der Waals surface area (Å²) in [7, 11) is 0. The van der Waals surface area contributed by atoms with Gasteiger partial charge in [-0.15, -0.1) is 0 Å². The molecule has 1 saturated heterocycles.